The van der Waals surface area contributed by atoms with Crippen LogP contribution in [0.5, 0.6) is 5.75 Å². The minimum absolute atomic E-state index is 0.0275. The van der Waals surface area contributed by atoms with Crippen LogP contribution in [0, 0.1) is 5.92 Å². The molecule has 1 aromatic rings. The third kappa shape index (κ3) is 1.77. The SMILES string of the molecule is COc1ccc2c(c1)CC[C@@H](C(=O)[O-])[C@@H]2C. The maximum absolute atomic E-state index is 11.0. The number of methoxy groups -OCH3 is 1. The molecular weight excluding hydrogens is 204 g/mol. The monoisotopic (exact) mass is 219 g/mol. The smallest absolute Gasteiger partial charge is 0.119 e. The van der Waals surface area contributed by atoms with E-state index in [0.717, 1.165) is 17.7 Å². The number of aryl methyl sites for hydroxylation is 1. The van der Waals surface area contributed by atoms with E-state index in [4.69, 9.17) is 4.74 Å². The van der Waals surface area contributed by atoms with Gasteiger partial charge in [-0.3, -0.25) is 0 Å². The average molecular weight is 219 g/mol. The number of aliphatic carboxylic acids is 1. The molecule has 0 fully saturated rings. The number of hydrogen-bond acceptors (Lipinski definition) is 3. The van der Waals surface area contributed by atoms with Crippen LogP contribution in [0.1, 0.15) is 30.4 Å². The number of hydrogen-bond donors (Lipinski definition) is 0. The summed E-state index contributed by atoms with van der Waals surface area (Å²) < 4.78 is 5.16. The van der Waals surface area contributed by atoms with Crippen molar-refractivity contribution in [2.45, 2.75) is 25.7 Å². The summed E-state index contributed by atoms with van der Waals surface area (Å²) in [5, 5.41) is 11.0. The molecule has 1 aliphatic carbocycles. The zero-order valence-corrected chi connectivity index (χ0v) is 9.53. The number of carbonyl (C=O) groups is 1. The fraction of sp³-hybridized carbons (Fsp3) is 0.462. The highest BCUT2D eigenvalue weighted by atomic mass is 16.5. The summed E-state index contributed by atoms with van der Waals surface area (Å²) in [7, 11) is 1.64. The Morgan fingerprint density at radius 3 is 2.88 bits per heavy atom. The molecule has 0 amide bonds. The predicted octanol–water partition coefficient (Wildman–Crippen LogP) is 1.11. The van der Waals surface area contributed by atoms with Crippen molar-refractivity contribution in [3.05, 3.63) is 29.3 Å². The summed E-state index contributed by atoms with van der Waals surface area (Å²) >= 11 is 0. The maximum Gasteiger partial charge on any atom is 0.119 e. The lowest BCUT2D eigenvalue weighted by Crippen LogP contribution is -2.36. The molecule has 2 atom stereocenters. The minimum atomic E-state index is -0.936. The first-order valence-corrected chi connectivity index (χ1v) is 5.51. The number of rotatable bonds is 2. The van der Waals surface area contributed by atoms with E-state index in [-0.39, 0.29) is 11.8 Å². The maximum atomic E-state index is 11.0. The van der Waals surface area contributed by atoms with Crippen molar-refractivity contribution in [3.8, 4) is 5.75 Å². The van der Waals surface area contributed by atoms with Crippen LogP contribution in [0.3, 0.4) is 0 Å². The van der Waals surface area contributed by atoms with Gasteiger partial charge in [-0.05, 0) is 42.0 Å². The van der Waals surface area contributed by atoms with Gasteiger partial charge in [-0.1, -0.05) is 13.0 Å². The Kier molecular flexibility index (Phi) is 2.86. The molecule has 0 radical (unpaired) electrons. The molecule has 0 saturated carbocycles. The van der Waals surface area contributed by atoms with E-state index < -0.39 is 5.97 Å². The molecule has 1 aromatic carbocycles. The second-order valence-corrected chi connectivity index (χ2v) is 4.32. The highest BCUT2D eigenvalue weighted by molar-refractivity contribution is 5.70. The van der Waals surface area contributed by atoms with E-state index in [2.05, 4.69) is 0 Å². The molecule has 0 spiro atoms. The second kappa shape index (κ2) is 4.16. The van der Waals surface area contributed by atoms with Gasteiger partial charge in [0.05, 0.1) is 7.11 Å². The molecule has 0 heterocycles. The lowest BCUT2D eigenvalue weighted by molar-refractivity contribution is -0.312. The first-order chi connectivity index (χ1) is 7.63. The Morgan fingerprint density at radius 1 is 1.50 bits per heavy atom. The largest absolute Gasteiger partial charge is 0.550 e. The fourth-order valence-corrected chi connectivity index (χ4v) is 2.47. The Bertz CT molecular complexity index is 412. The van der Waals surface area contributed by atoms with Gasteiger partial charge in [0, 0.05) is 11.9 Å². The summed E-state index contributed by atoms with van der Waals surface area (Å²) in [6, 6.07) is 5.85. The lowest BCUT2D eigenvalue weighted by Gasteiger charge is -2.32. The highest BCUT2D eigenvalue weighted by Crippen LogP contribution is 2.37. The van der Waals surface area contributed by atoms with Gasteiger partial charge >= 0.3 is 0 Å². The van der Waals surface area contributed by atoms with Crippen LogP contribution in [0.25, 0.3) is 0 Å². The number of fused-ring (bicyclic) bond motifs is 1. The summed E-state index contributed by atoms with van der Waals surface area (Å²) in [5.41, 5.74) is 2.31. The zero-order chi connectivity index (χ0) is 11.7. The topological polar surface area (TPSA) is 49.4 Å². The van der Waals surface area contributed by atoms with Gasteiger partial charge in [0.15, 0.2) is 0 Å². The van der Waals surface area contributed by atoms with Crippen molar-refractivity contribution in [3.63, 3.8) is 0 Å². The standard InChI is InChI=1S/C13H16O3/c1-8-11-6-4-10(16-2)7-9(11)3-5-12(8)13(14)15/h4,6-8,12H,3,5H2,1-2H3,(H,14,15)/p-1/t8-,12-/m1/s1. The van der Waals surface area contributed by atoms with Crippen LogP contribution in [-0.2, 0) is 11.2 Å². The molecule has 0 unspecified atom stereocenters. The molecule has 0 aromatic heterocycles. The van der Waals surface area contributed by atoms with Gasteiger partial charge in [0.25, 0.3) is 0 Å². The van der Waals surface area contributed by atoms with Gasteiger partial charge in [-0.2, -0.15) is 0 Å². The van der Waals surface area contributed by atoms with Crippen molar-refractivity contribution >= 4 is 5.97 Å². The molecule has 16 heavy (non-hydrogen) atoms. The lowest BCUT2D eigenvalue weighted by atomic mass is 9.76. The van der Waals surface area contributed by atoms with Gasteiger partial charge in [-0.15, -0.1) is 0 Å². The fourth-order valence-electron chi connectivity index (χ4n) is 2.47. The molecule has 2 rings (SSSR count). The summed E-state index contributed by atoms with van der Waals surface area (Å²) in [6.45, 7) is 1.95. The summed E-state index contributed by atoms with van der Waals surface area (Å²) in [4.78, 5) is 11.0. The average Bonchev–Trinajstić information content (AvgIpc) is 2.28. The van der Waals surface area contributed by atoms with Crippen molar-refractivity contribution in [1.29, 1.82) is 0 Å². The number of ether oxygens (including phenoxy) is 1. The first-order valence-electron chi connectivity index (χ1n) is 5.51. The number of carbonyl (C=O) groups excluding carboxylic acids is 1. The van der Waals surface area contributed by atoms with Crippen LogP contribution in [-0.4, -0.2) is 13.1 Å². The number of benzene rings is 1. The van der Waals surface area contributed by atoms with E-state index in [9.17, 15) is 9.90 Å². The van der Waals surface area contributed by atoms with E-state index >= 15 is 0 Å². The van der Waals surface area contributed by atoms with Crippen LogP contribution < -0.4 is 9.84 Å². The van der Waals surface area contributed by atoms with Gasteiger partial charge in [-0.25, -0.2) is 0 Å². The molecule has 1 aliphatic rings. The molecule has 3 heteroatoms. The van der Waals surface area contributed by atoms with Crippen molar-refractivity contribution in [1.82, 2.24) is 0 Å². The Balaban J connectivity index is 2.35. The molecule has 3 nitrogen and oxygen atoms in total. The summed E-state index contributed by atoms with van der Waals surface area (Å²) in [5.74, 6) is -0.438. The predicted molar refractivity (Wildman–Crippen MR) is 58.2 cm³/mol. The molecule has 0 saturated heterocycles. The van der Waals surface area contributed by atoms with E-state index in [1.807, 2.05) is 25.1 Å². The molecular formula is C13H15O3-. The van der Waals surface area contributed by atoms with Gasteiger partial charge in [0.2, 0.25) is 0 Å². The van der Waals surface area contributed by atoms with Gasteiger partial charge < -0.3 is 14.6 Å². The van der Waals surface area contributed by atoms with Crippen LogP contribution in [0.15, 0.2) is 18.2 Å². The van der Waals surface area contributed by atoms with Crippen LogP contribution in [0.2, 0.25) is 0 Å². The Morgan fingerprint density at radius 2 is 2.25 bits per heavy atom. The number of carboxylic acid groups (broad SMARTS) is 1. The molecule has 0 aliphatic heterocycles. The second-order valence-electron chi connectivity index (χ2n) is 4.32. The molecule has 86 valence electrons. The van der Waals surface area contributed by atoms with E-state index in [1.54, 1.807) is 7.11 Å². The Hall–Kier alpha value is -1.51. The molecule has 0 N–H and O–H groups in total. The van der Waals surface area contributed by atoms with Crippen molar-refractivity contribution in [2.75, 3.05) is 7.11 Å². The third-order valence-electron chi connectivity index (χ3n) is 3.47. The third-order valence-corrected chi connectivity index (χ3v) is 3.47. The van der Waals surface area contributed by atoms with Gasteiger partial charge in [0.1, 0.15) is 5.75 Å². The van der Waals surface area contributed by atoms with Crippen molar-refractivity contribution in [2.24, 2.45) is 5.92 Å². The highest BCUT2D eigenvalue weighted by Gasteiger charge is 2.27. The van der Waals surface area contributed by atoms with E-state index in [0.29, 0.717) is 6.42 Å². The normalized spacial score (nSPS) is 23.6. The molecule has 0 bridgehead atoms. The minimum Gasteiger partial charge on any atom is -0.550 e. The van der Waals surface area contributed by atoms with Crippen LogP contribution in [0.4, 0.5) is 0 Å². The summed E-state index contributed by atoms with van der Waals surface area (Å²) in [6.07, 6.45) is 1.44. The van der Waals surface area contributed by atoms with Crippen LogP contribution >= 0.6 is 0 Å². The van der Waals surface area contributed by atoms with Crippen molar-refractivity contribution < 1.29 is 14.6 Å². The zero-order valence-electron chi connectivity index (χ0n) is 9.53. The number of carboxylic acids is 1. The quantitative estimate of drug-likeness (QED) is 0.748. The Labute approximate surface area is 95.0 Å². The van der Waals surface area contributed by atoms with E-state index in [1.165, 1.54) is 5.56 Å². The first kappa shape index (κ1) is 11.0.